The monoisotopic (exact) mass is 310 g/mol. The molecular weight excluding hydrogens is 292 g/mol. The average molecular weight is 310 g/mol. The topological polar surface area (TPSA) is 112 Å². The van der Waals surface area contributed by atoms with E-state index in [2.05, 4.69) is 25.3 Å². The van der Waals surface area contributed by atoms with Crippen molar-refractivity contribution >= 4 is 16.9 Å². The molecule has 0 atom stereocenters. The predicted molar refractivity (Wildman–Crippen MR) is 88.2 cm³/mol. The summed E-state index contributed by atoms with van der Waals surface area (Å²) in [5, 5.41) is 3.30. The van der Waals surface area contributed by atoms with Crippen LogP contribution in [0.4, 0.5) is 5.82 Å². The quantitative estimate of drug-likeness (QED) is 0.583. The van der Waals surface area contributed by atoms with Gasteiger partial charge in [0.1, 0.15) is 12.1 Å². The number of hydrogen-bond acceptors (Lipinski definition) is 5. The molecule has 0 bridgehead atoms. The number of hydrogen-bond donors (Lipinski definition) is 4. The van der Waals surface area contributed by atoms with Crippen LogP contribution in [-0.2, 0) is 6.54 Å². The van der Waals surface area contributed by atoms with Gasteiger partial charge in [-0.1, -0.05) is 6.07 Å². The van der Waals surface area contributed by atoms with Gasteiger partial charge in [0.25, 0.3) is 0 Å². The Bertz CT molecular complexity index is 893. The highest BCUT2D eigenvalue weighted by atomic mass is 16.1. The number of anilines is 1. The highest BCUT2D eigenvalue weighted by Crippen LogP contribution is 2.34. The van der Waals surface area contributed by atoms with Gasteiger partial charge in [0, 0.05) is 30.3 Å². The lowest BCUT2D eigenvalue weighted by Gasteiger charge is -2.31. The van der Waals surface area contributed by atoms with E-state index in [4.69, 9.17) is 5.73 Å². The molecule has 2 aromatic heterocycles. The van der Waals surface area contributed by atoms with Crippen LogP contribution in [-0.4, -0.2) is 26.0 Å². The summed E-state index contributed by atoms with van der Waals surface area (Å²) in [6.07, 6.45) is 3.58. The number of aromatic nitrogens is 4. The van der Waals surface area contributed by atoms with E-state index < -0.39 is 0 Å². The van der Waals surface area contributed by atoms with Crippen LogP contribution in [0, 0.1) is 0 Å². The fraction of sp³-hybridized carbons (Fsp3) is 0.312. The second-order valence-corrected chi connectivity index (χ2v) is 6.07. The maximum absolute atomic E-state index is 11.3. The minimum Gasteiger partial charge on any atom is -0.366 e. The Hall–Kier alpha value is -2.67. The van der Waals surface area contributed by atoms with Gasteiger partial charge in [0.2, 0.25) is 0 Å². The van der Waals surface area contributed by atoms with Crippen molar-refractivity contribution in [3.05, 3.63) is 52.3 Å². The SMILES string of the molecule is NC1CC(c2cc(NCc3ccc4[nH]c(=O)[nH]c4c3)ncn2)C1. The van der Waals surface area contributed by atoms with E-state index in [-0.39, 0.29) is 5.69 Å². The molecule has 4 rings (SSSR count). The Balaban J connectivity index is 1.47. The number of H-pyrrole nitrogens is 2. The Morgan fingerprint density at radius 2 is 2.00 bits per heavy atom. The van der Waals surface area contributed by atoms with E-state index in [1.54, 1.807) is 6.33 Å². The van der Waals surface area contributed by atoms with Crippen LogP contribution in [0.15, 0.2) is 35.4 Å². The molecule has 7 nitrogen and oxygen atoms in total. The number of imidazole rings is 1. The van der Waals surface area contributed by atoms with Crippen molar-refractivity contribution in [2.75, 3.05) is 5.32 Å². The number of nitrogens with two attached hydrogens (primary N) is 1. The molecule has 0 unspecified atom stereocenters. The summed E-state index contributed by atoms with van der Waals surface area (Å²) >= 11 is 0. The minimum absolute atomic E-state index is 0.191. The molecule has 2 heterocycles. The van der Waals surface area contributed by atoms with Crippen molar-refractivity contribution < 1.29 is 0 Å². The minimum atomic E-state index is -0.191. The van der Waals surface area contributed by atoms with Gasteiger partial charge in [0.15, 0.2) is 0 Å². The Labute approximate surface area is 132 Å². The molecule has 0 saturated heterocycles. The van der Waals surface area contributed by atoms with E-state index in [9.17, 15) is 4.79 Å². The smallest absolute Gasteiger partial charge is 0.323 e. The zero-order valence-corrected chi connectivity index (χ0v) is 12.5. The van der Waals surface area contributed by atoms with Gasteiger partial charge in [-0.25, -0.2) is 14.8 Å². The largest absolute Gasteiger partial charge is 0.366 e. The average Bonchev–Trinajstić information content (AvgIpc) is 2.89. The van der Waals surface area contributed by atoms with Crippen LogP contribution in [0.1, 0.15) is 30.0 Å². The molecule has 0 spiro atoms. The molecule has 0 radical (unpaired) electrons. The van der Waals surface area contributed by atoms with Crippen molar-refractivity contribution in [3.63, 3.8) is 0 Å². The molecule has 23 heavy (non-hydrogen) atoms. The maximum atomic E-state index is 11.3. The van der Waals surface area contributed by atoms with Crippen LogP contribution < -0.4 is 16.7 Å². The first kappa shape index (κ1) is 14.0. The van der Waals surface area contributed by atoms with Crippen molar-refractivity contribution in [3.8, 4) is 0 Å². The third-order valence-electron chi connectivity index (χ3n) is 4.34. The molecule has 7 heteroatoms. The lowest BCUT2D eigenvalue weighted by molar-refractivity contribution is 0.345. The summed E-state index contributed by atoms with van der Waals surface area (Å²) in [6, 6.07) is 8.12. The molecule has 1 saturated carbocycles. The standard InChI is InChI=1S/C16H18N6O/c17-11-4-10(5-11)13-6-15(20-8-19-13)18-7-9-1-2-12-14(3-9)22-16(23)21-12/h1-3,6,8,10-11H,4-5,7,17H2,(H,18,19,20)(H2,21,22,23). The molecule has 118 valence electrons. The third-order valence-corrected chi connectivity index (χ3v) is 4.34. The highest BCUT2D eigenvalue weighted by Gasteiger charge is 2.28. The van der Waals surface area contributed by atoms with Gasteiger partial charge >= 0.3 is 5.69 Å². The zero-order valence-electron chi connectivity index (χ0n) is 12.5. The van der Waals surface area contributed by atoms with Gasteiger partial charge in [0.05, 0.1) is 11.0 Å². The van der Waals surface area contributed by atoms with Crippen molar-refractivity contribution in [2.45, 2.75) is 31.3 Å². The number of nitrogens with zero attached hydrogens (tertiary/aromatic N) is 2. The maximum Gasteiger partial charge on any atom is 0.323 e. The first-order chi connectivity index (χ1) is 11.2. The molecular formula is C16H18N6O. The lowest BCUT2D eigenvalue weighted by Crippen LogP contribution is -2.35. The highest BCUT2D eigenvalue weighted by molar-refractivity contribution is 5.75. The van der Waals surface area contributed by atoms with Crippen LogP contribution in [0.5, 0.6) is 0 Å². The molecule has 1 aliphatic carbocycles. The Morgan fingerprint density at radius 1 is 1.17 bits per heavy atom. The van der Waals surface area contributed by atoms with Gasteiger partial charge in [-0.15, -0.1) is 0 Å². The van der Waals surface area contributed by atoms with Crippen LogP contribution in [0.3, 0.4) is 0 Å². The fourth-order valence-electron chi connectivity index (χ4n) is 2.98. The molecule has 0 amide bonds. The first-order valence-corrected chi connectivity index (χ1v) is 7.70. The van der Waals surface area contributed by atoms with E-state index in [1.807, 2.05) is 24.3 Å². The molecule has 1 fully saturated rings. The Kier molecular flexibility index (Phi) is 3.34. The second-order valence-electron chi connectivity index (χ2n) is 6.07. The molecule has 3 aromatic rings. The summed E-state index contributed by atoms with van der Waals surface area (Å²) in [7, 11) is 0. The van der Waals surface area contributed by atoms with Gasteiger partial charge in [-0.05, 0) is 30.5 Å². The van der Waals surface area contributed by atoms with Gasteiger partial charge < -0.3 is 21.0 Å². The molecule has 5 N–H and O–H groups in total. The summed E-state index contributed by atoms with van der Waals surface area (Å²) in [5.41, 5.74) is 9.38. The number of rotatable bonds is 4. The first-order valence-electron chi connectivity index (χ1n) is 7.70. The van der Waals surface area contributed by atoms with Crippen molar-refractivity contribution in [1.29, 1.82) is 0 Å². The predicted octanol–water partition coefficient (Wildman–Crippen LogP) is 1.46. The summed E-state index contributed by atoms with van der Waals surface area (Å²) in [4.78, 5) is 25.4. The summed E-state index contributed by atoms with van der Waals surface area (Å²) in [6.45, 7) is 0.629. The normalized spacial score (nSPS) is 20.4. The number of aromatic amines is 2. The molecule has 0 aliphatic heterocycles. The van der Waals surface area contributed by atoms with E-state index >= 15 is 0 Å². The fourth-order valence-corrected chi connectivity index (χ4v) is 2.98. The van der Waals surface area contributed by atoms with Crippen LogP contribution >= 0.6 is 0 Å². The van der Waals surface area contributed by atoms with E-state index in [0.717, 1.165) is 41.0 Å². The number of nitrogens with one attached hydrogen (secondary N) is 3. The molecule has 1 aliphatic rings. The summed E-state index contributed by atoms with van der Waals surface area (Å²) < 4.78 is 0. The van der Waals surface area contributed by atoms with Crippen molar-refractivity contribution in [2.24, 2.45) is 5.73 Å². The van der Waals surface area contributed by atoms with E-state index in [1.165, 1.54) is 0 Å². The summed E-state index contributed by atoms with van der Waals surface area (Å²) in [5.74, 6) is 1.26. The van der Waals surface area contributed by atoms with Gasteiger partial charge in [-0.3, -0.25) is 0 Å². The second kappa shape index (κ2) is 5.51. The van der Waals surface area contributed by atoms with E-state index in [0.29, 0.717) is 18.5 Å². The molecule has 1 aromatic carbocycles. The van der Waals surface area contributed by atoms with Gasteiger partial charge in [-0.2, -0.15) is 0 Å². The lowest BCUT2D eigenvalue weighted by atomic mass is 9.79. The van der Waals surface area contributed by atoms with Crippen molar-refractivity contribution in [1.82, 2.24) is 19.9 Å². The number of fused-ring (bicyclic) bond motifs is 1. The Morgan fingerprint density at radius 3 is 2.83 bits per heavy atom. The van der Waals surface area contributed by atoms with Crippen LogP contribution in [0.2, 0.25) is 0 Å². The zero-order chi connectivity index (χ0) is 15.8. The third kappa shape index (κ3) is 2.83. The number of benzene rings is 1. The van der Waals surface area contributed by atoms with Crippen LogP contribution in [0.25, 0.3) is 11.0 Å².